The maximum Gasteiger partial charge on any atom is 0.354 e. The van der Waals surface area contributed by atoms with E-state index >= 15 is 0 Å². The number of hydrogen-bond donors (Lipinski definition) is 2. The Kier molecular flexibility index (Phi) is 5.93. The standard InChI is InChI=1S/C23H17Cl2N3O3/c1-2-31-23(30)21-11-14-10-17(6-7-19(14)28-21)26-22(29)20-5-3-4-18(27-20)13-8-15(24)12-16(25)9-13/h3-12,28H,2H2,1H3,(H,26,29). The number of pyridine rings is 1. The molecule has 2 aromatic carbocycles. The molecule has 0 spiro atoms. The lowest BCUT2D eigenvalue weighted by Gasteiger charge is -2.07. The molecule has 31 heavy (non-hydrogen) atoms. The molecule has 0 aliphatic heterocycles. The van der Waals surface area contributed by atoms with Crippen LogP contribution in [-0.4, -0.2) is 28.5 Å². The normalized spacial score (nSPS) is 10.8. The van der Waals surface area contributed by atoms with Crippen LogP contribution in [0.4, 0.5) is 5.69 Å². The highest BCUT2D eigenvalue weighted by atomic mass is 35.5. The number of anilines is 1. The summed E-state index contributed by atoms with van der Waals surface area (Å²) in [4.78, 5) is 32.1. The van der Waals surface area contributed by atoms with Crippen LogP contribution in [0.3, 0.4) is 0 Å². The van der Waals surface area contributed by atoms with Crippen molar-refractivity contribution in [2.24, 2.45) is 0 Å². The molecule has 4 rings (SSSR count). The lowest BCUT2D eigenvalue weighted by atomic mass is 10.1. The molecule has 2 aromatic heterocycles. The third-order valence-corrected chi connectivity index (χ3v) is 4.95. The summed E-state index contributed by atoms with van der Waals surface area (Å²) in [6, 6.07) is 17.2. The van der Waals surface area contributed by atoms with Crippen molar-refractivity contribution in [3.63, 3.8) is 0 Å². The number of nitrogens with zero attached hydrogens (tertiary/aromatic N) is 1. The molecule has 2 heterocycles. The highest BCUT2D eigenvalue weighted by Gasteiger charge is 2.13. The molecular formula is C23H17Cl2N3O3. The van der Waals surface area contributed by atoms with Gasteiger partial charge >= 0.3 is 5.97 Å². The van der Waals surface area contributed by atoms with Gasteiger partial charge < -0.3 is 15.0 Å². The molecule has 0 radical (unpaired) electrons. The monoisotopic (exact) mass is 453 g/mol. The van der Waals surface area contributed by atoms with Gasteiger partial charge in [-0.25, -0.2) is 9.78 Å². The first kappa shape index (κ1) is 20.9. The van der Waals surface area contributed by atoms with Crippen molar-refractivity contribution in [2.75, 3.05) is 11.9 Å². The van der Waals surface area contributed by atoms with E-state index in [1.807, 2.05) is 0 Å². The number of benzene rings is 2. The van der Waals surface area contributed by atoms with E-state index in [4.69, 9.17) is 27.9 Å². The minimum Gasteiger partial charge on any atom is -0.461 e. The molecule has 156 valence electrons. The van der Waals surface area contributed by atoms with E-state index in [-0.39, 0.29) is 11.6 Å². The number of rotatable bonds is 5. The Morgan fingerprint density at radius 1 is 1.03 bits per heavy atom. The molecular weight excluding hydrogens is 437 g/mol. The number of fused-ring (bicyclic) bond motifs is 1. The minimum absolute atomic E-state index is 0.245. The summed E-state index contributed by atoms with van der Waals surface area (Å²) in [5.74, 6) is -0.790. The van der Waals surface area contributed by atoms with Crippen molar-refractivity contribution in [3.8, 4) is 11.3 Å². The lowest BCUT2D eigenvalue weighted by molar-refractivity contribution is 0.0520. The van der Waals surface area contributed by atoms with Gasteiger partial charge in [0.1, 0.15) is 11.4 Å². The summed E-state index contributed by atoms with van der Waals surface area (Å²) in [6.07, 6.45) is 0. The first-order valence-corrected chi connectivity index (χ1v) is 10.2. The number of aromatic amines is 1. The number of nitrogens with one attached hydrogen (secondary N) is 2. The molecule has 0 saturated heterocycles. The van der Waals surface area contributed by atoms with Crippen molar-refractivity contribution in [2.45, 2.75) is 6.92 Å². The smallest absolute Gasteiger partial charge is 0.354 e. The Morgan fingerprint density at radius 3 is 2.55 bits per heavy atom. The molecule has 0 unspecified atom stereocenters. The summed E-state index contributed by atoms with van der Waals surface area (Å²) in [7, 11) is 0. The van der Waals surface area contributed by atoms with Crippen molar-refractivity contribution < 1.29 is 14.3 Å². The van der Waals surface area contributed by atoms with Crippen molar-refractivity contribution in [3.05, 3.63) is 82.1 Å². The molecule has 1 amide bonds. The fourth-order valence-electron chi connectivity index (χ4n) is 3.15. The lowest BCUT2D eigenvalue weighted by Crippen LogP contribution is -2.13. The highest BCUT2D eigenvalue weighted by Crippen LogP contribution is 2.26. The van der Waals surface area contributed by atoms with Crippen molar-refractivity contribution in [1.82, 2.24) is 9.97 Å². The van der Waals surface area contributed by atoms with Crippen LogP contribution in [0.2, 0.25) is 10.0 Å². The second-order valence-corrected chi connectivity index (χ2v) is 7.60. The average molecular weight is 454 g/mol. The van der Waals surface area contributed by atoms with Crippen molar-refractivity contribution >= 4 is 51.7 Å². The summed E-state index contributed by atoms with van der Waals surface area (Å²) in [5, 5.41) is 4.58. The van der Waals surface area contributed by atoms with Gasteiger partial charge in [-0.15, -0.1) is 0 Å². The SMILES string of the molecule is CCOC(=O)c1cc2cc(NC(=O)c3cccc(-c4cc(Cl)cc(Cl)c4)n3)ccc2[nH]1. The van der Waals surface area contributed by atoms with Crippen LogP contribution in [-0.2, 0) is 4.74 Å². The Bertz CT molecular complexity index is 1280. The predicted molar refractivity (Wildman–Crippen MR) is 122 cm³/mol. The van der Waals surface area contributed by atoms with Crippen LogP contribution in [0.1, 0.15) is 27.9 Å². The van der Waals surface area contributed by atoms with Crippen molar-refractivity contribution in [1.29, 1.82) is 0 Å². The van der Waals surface area contributed by atoms with Gasteiger partial charge in [-0.1, -0.05) is 29.3 Å². The fraction of sp³-hybridized carbons (Fsp3) is 0.0870. The van der Waals surface area contributed by atoms with Gasteiger partial charge in [-0.2, -0.15) is 0 Å². The zero-order valence-electron chi connectivity index (χ0n) is 16.4. The van der Waals surface area contributed by atoms with E-state index in [1.165, 1.54) is 0 Å². The van der Waals surface area contributed by atoms with E-state index in [1.54, 1.807) is 67.6 Å². The van der Waals surface area contributed by atoms with Crippen LogP contribution in [0.15, 0.2) is 60.7 Å². The van der Waals surface area contributed by atoms with Crippen LogP contribution in [0.25, 0.3) is 22.2 Å². The molecule has 0 fully saturated rings. The van der Waals surface area contributed by atoms with E-state index in [2.05, 4.69) is 15.3 Å². The topological polar surface area (TPSA) is 84.1 Å². The van der Waals surface area contributed by atoms with Gasteiger partial charge in [0.25, 0.3) is 5.91 Å². The number of H-pyrrole nitrogens is 1. The maximum atomic E-state index is 12.8. The second kappa shape index (κ2) is 8.79. The van der Waals surface area contributed by atoms with Gasteiger partial charge in [0.2, 0.25) is 0 Å². The molecule has 6 nitrogen and oxygen atoms in total. The highest BCUT2D eigenvalue weighted by molar-refractivity contribution is 6.35. The summed E-state index contributed by atoms with van der Waals surface area (Å²) in [5.41, 5.74) is 3.23. The average Bonchev–Trinajstić information content (AvgIpc) is 3.17. The molecule has 2 N–H and O–H groups in total. The van der Waals surface area contributed by atoms with Gasteiger partial charge in [0.15, 0.2) is 0 Å². The summed E-state index contributed by atoms with van der Waals surface area (Å²) < 4.78 is 5.01. The fourth-order valence-corrected chi connectivity index (χ4v) is 3.67. The largest absolute Gasteiger partial charge is 0.461 e. The number of esters is 1. The molecule has 0 saturated carbocycles. The molecule has 8 heteroatoms. The molecule has 0 bridgehead atoms. The zero-order valence-corrected chi connectivity index (χ0v) is 17.9. The van der Waals surface area contributed by atoms with Crippen LogP contribution in [0.5, 0.6) is 0 Å². The second-order valence-electron chi connectivity index (χ2n) is 6.73. The molecule has 4 aromatic rings. The maximum absolute atomic E-state index is 12.8. The quantitative estimate of drug-likeness (QED) is 0.364. The molecule has 0 aliphatic rings. The summed E-state index contributed by atoms with van der Waals surface area (Å²) >= 11 is 12.1. The molecule has 0 atom stereocenters. The Labute approximate surface area is 188 Å². The number of halogens is 2. The number of aromatic nitrogens is 2. The van der Waals surface area contributed by atoms with E-state index in [0.717, 1.165) is 10.9 Å². The van der Waals surface area contributed by atoms with Gasteiger partial charge in [-0.3, -0.25) is 4.79 Å². The first-order valence-electron chi connectivity index (χ1n) is 9.47. The zero-order chi connectivity index (χ0) is 22.0. The summed E-state index contributed by atoms with van der Waals surface area (Å²) in [6.45, 7) is 2.04. The third kappa shape index (κ3) is 4.71. The predicted octanol–water partition coefficient (Wildman–Crippen LogP) is 5.97. The number of carbonyl (C=O) groups excluding carboxylic acids is 2. The van der Waals surface area contributed by atoms with Crippen LogP contribution in [0, 0.1) is 0 Å². The number of hydrogen-bond acceptors (Lipinski definition) is 4. The third-order valence-electron chi connectivity index (χ3n) is 4.51. The van der Waals surface area contributed by atoms with Gasteiger partial charge in [0, 0.05) is 32.2 Å². The Hall–Kier alpha value is -3.35. The Morgan fingerprint density at radius 2 is 1.81 bits per heavy atom. The minimum atomic E-state index is -0.425. The van der Waals surface area contributed by atoms with Crippen LogP contribution >= 0.6 is 23.2 Å². The molecule has 0 aliphatic carbocycles. The number of ether oxygens (including phenoxy) is 1. The first-order chi connectivity index (χ1) is 14.9. The van der Waals surface area contributed by atoms with E-state index < -0.39 is 5.97 Å². The van der Waals surface area contributed by atoms with Crippen LogP contribution < -0.4 is 5.32 Å². The number of amides is 1. The number of carbonyl (C=O) groups is 2. The van der Waals surface area contributed by atoms with Gasteiger partial charge in [-0.05, 0) is 61.5 Å². The van der Waals surface area contributed by atoms with E-state index in [9.17, 15) is 9.59 Å². The van der Waals surface area contributed by atoms with E-state index in [0.29, 0.717) is 39.3 Å². The Balaban J connectivity index is 1.56. The van der Waals surface area contributed by atoms with Gasteiger partial charge in [0.05, 0.1) is 12.3 Å².